The monoisotopic (exact) mass is 299 g/mol. The number of carbonyl (C=O) groups excluding carboxylic acids is 1. The molecule has 0 bridgehead atoms. The van der Waals surface area contributed by atoms with Gasteiger partial charge in [0.1, 0.15) is 0 Å². The fourth-order valence-electron chi connectivity index (χ4n) is 2.85. The molecule has 1 aliphatic rings. The van der Waals surface area contributed by atoms with Crippen LogP contribution < -0.4 is 0 Å². The summed E-state index contributed by atoms with van der Waals surface area (Å²) in [4.78, 5) is 14.7. The second-order valence-corrected chi connectivity index (χ2v) is 5.98. The Labute approximate surface area is 122 Å². The lowest BCUT2D eigenvalue weighted by atomic mass is 9.87. The summed E-state index contributed by atoms with van der Waals surface area (Å²) in [6.45, 7) is 4.95. The lowest BCUT2D eigenvalue weighted by Gasteiger charge is -2.40. The highest BCUT2D eigenvalue weighted by Gasteiger charge is 2.41. The van der Waals surface area contributed by atoms with Crippen LogP contribution >= 0.6 is 0 Å². The van der Waals surface area contributed by atoms with Gasteiger partial charge in [-0.05, 0) is 45.8 Å². The number of nitrogens with zero attached hydrogens (tertiary/aromatic N) is 1. The number of likely N-dealkylation sites (tertiary alicyclic amines) is 1. The van der Waals surface area contributed by atoms with Gasteiger partial charge < -0.3 is 0 Å². The van der Waals surface area contributed by atoms with Gasteiger partial charge in [-0.1, -0.05) is 24.6 Å². The van der Waals surface area contributed by atoms with Crippen molar-refractivity contribution in [1.82, 2.24) is 4.90 Å². The van der Waals surface area contributed by atoms with Crippen LogP contribution in [0.3, 0.4) is 0 Å². The van der Waals surface area contributed by atoms with Gasteiger partial charge in [0, 0.05) is 5.56 Å². The summed E-state index contributed by atoms with van der Waals surface area (Å²) in [6, 6.07) is 5.04. The van der Waals surface area contributed by atoms with Crippen molar-refractivity contribution in [1.29, 1.82) is 0 Å². The molecule has 21 heavy (non-hydrogen) atoms. The zero-order valence-electron chi connectivity index (χ0n) is 12.3. The van der Waals surface area contributed by atoms with Gasteiger partial charge in [0.25, 0.3) is 0 Å². The molecule has 0 radical (unpaired) electrons. The molecule has 116 valence electrons. The first-order chi connectivity index (χ1) is 9.74. The maximum absolute atomic E-state index is 13.1. The van der Waals surface area contributed by atoms with Crippen LogP contribution in [0.2, 0.25) is 0 Å². The van der Waals surface area contributed by atoms with Crippen molar-refractivity contribution in [3.05, 3.63) is 35.4 Å². The number of benzene rings is 1. The first-order valence-corrected chi connectivity index (χ1v) is 7.20. The molecule has 2 nitrogen and oxygen atoms in total. The molecule has 1 fully saturated rings. The van der Waals surface area contributed by atoms with Crippen molar-refractivity contribution in [2.24, 2.45) is 0 Å². The Hall–Kier alpha value is -1.36. The maximum Gasteiger partial charge on any atom is 0.417 e. The van der Waals surface area contributed by atoms with Crippen LogP contribution in [-0.4, -0.2) is 29.3 Å². The predicted octanol–water partition coefficient (Wildman–Crippen LogP) is 4.15. The van der Waals surface area contributed by atoms with Crippen LogP contribution in [0.4, 0.5) is 13.2 Å². The number of alkyl halides is 3. The molecule has 2 rings (SSSR count). The molecule has 0 aliphatic carbocycles. The molecule has 1 heterocycles. The Morgan fingerprint density at radius 2 is 1.62 bits per heavy atom. The molecule has 0 unspecified atom stereocenters. The molecule has 1 saturated heterocycles. The second kappa shape index (κ2) is 5.79. The van der Waals surface area contributed by atoms with E-state index < -0.39 is 23.1 Å². The summed E-state index contributed by atoms with van der Waals surface area (Å²) < 4.78 is 39.2. The Balaban J connectivity index is 2.35. The first kappa shape index (κ1) is 16.0. The molecule has 1 aliphatic heterocycles. The van der Waals surface area contributed by atoms with Crippen molar-refractivity contribution in [3.63, 3.8) is 0 Å². The lowest BCUT2D eigenvalue weighted by Crippen LogP contribution is -2.52. The van der Waals surface area contributed by atoms with Crippen molar-refractivity contribution in [2.45, 2.75) is 44.8 Å². The molecular formula is C16H20F3NO. The number of carbonyl (C=O) groups is 1. The largest absolute Gasteiger partial charge is 0.417 e. The van der Waals surface area contributed by atoms with E-state index in [1.54, 1.807) is 13.8 Å². The van der Waals surface area contributed by atoms with E-state index in [4.69, 9.17) is 0 Å². The summed E-state index contributed by atoms with van der Waals surface area (Å²) in [6.07, 6.45) is -1.43. The fraction of sp³-hybridized carbons (Fsp3) is 0.562. The number of piperidine rings is 1. The normalized spacial score (nSPS) is 17.8. The number of hydrogen-bond acceptors (Lipinski definition) is 2. The third-order valence-corrected chi connectivity index (χ3v) is 4.18. The number of ketones is 1. The standard InChI is InChI=1S/C16H20F3NO/c1-15(2,20-10-6-3-7-11-20)14(21)12-8-4-5-9-13(12)16(17,18)19/h4-5,8-9H,3,6-7,10-11H2,1-2H3. The first-order valence-electron chi connectivity index (χ1n) is 7.20. The van der Waals surface area contributed by atoms with Gasteiger partial charge in [-0.25, -0.2) is 0 Å². The summed E-state index contributed by atoms with van der Waals surface area (Å²) in [5, 5.41) is 0. The van der Waals surface area contributed by atoms with E-state index in [1.807, 2.05) is 4.90 Å². The van der Waals surface area contributed by atoms with Crippen LogP contribution in [0, 0.1) is 0 Å². The highest BCUT2D eigenvalue weighted by molar-refractivity contribution is 6.04. The van der Waals surface area contributed by atoms with Crippen molar-refractivity contribution >= 4 is 5.78 Å². The fourth-order valence-corrected chi connectivity index (χ4v) is 2.85. The molecule has 0 N–H and O–H groups in total. The number of halogens is 3. The molecule has 0 amide bonds. The third-order valence-electron chi connectivity index (χ3n) is 4.18. The van der Waals surface area contributed by atoms with Crippen molar-refractivity contribution in [3.8, 4) is 0 Å². The average Bonchev–Trinajstić information content (AvgIpc) is 2.46. The molecule has 1 aromatic carbocycles. The van der Waals surface area contributed by atoms with E-state index in [0.29, 0.717) is 0 Å². The van der Waals surface area contributed by atoms with Gasteiger partial charge in [0.05, 0.1) is 11.1 Å². The van der Waals surface area contributed by atoms with Gasteiger partial charge >= 0.3 is 6.18 Å². The average molecular weight is 299 g/mol. The highest BCUT2D eigenvalue weighted by Crippen LogP contribution is 2.34. The topological polar surface area (TPSA) is 20.3 Å². The zero-order chi connectivity index (χ0) is 15.7. The van der Waals surface area contributed by atoms with Gasteiger partial charge in [-0.2, -0.15) is 13.2 Å². The smallest absolute Gasteiger partial charge is 0.292 e. The van der Waals surface area contributed by atoms with E-state index in [2.05, 4.69) is 0 Å². The summed E-state index contributed by atoms with van der Waals surface area (Å²) in [5.41, 5.74) is -2.00. The number of hydrogen-bond donors (Lipinski definition) is 0. The number of rotatable bonds is 3. The minimum atomic E-state index is -4.51. The van der Waals surface area contributed by atoms with E-state index in [9.17, 15) is 18.0 Å². The summed E-state index contributed by atoms with van der Waals surface area (Å²) in [7, 11) is 0. The quantitative estimate of drug-likeness (QED) is 0.781. The zero-order valence-corrected chi connectivity index (χ0v) is 12.3. The molecule has 0 atom stereocenters. The second-order valence-electron chi connectivity index (χ2n) is 5.98. The van der Waals surface area contributed by atoms with Gasteiger partial charge in [0.2, 0.25) is 0 Å². The Bertz CT molecular complexity index is 516. The van der Waals surface area contributed by atoms with Crippen molar-refractivity contribution in [2.75, 3.05) is 13.1 Å². The van der Waals surface area contributed by atoms with Crippen molar-refractivity contribution < 1.29 is 18.0 Å². The Kier molecular flexibility index (Phi) is 4.42. The minimum Gasteiger partial charge on any atom is -0.292 e. The van der Waals surface area contributed by atoms with E-state index in [1.165, 1.54) is 18.2 Å². The molecule has 0 saturated carbocycles. The van der Waals surface area contributed by atoms with E-state index >= 15 is 0 Å². The molecule has 5 heteroatoms. The van der Waals surface area contributed by atoms with Gasteiger partial charge in [-0.15, -0.1) is 0 Å². The molecule has 1 aromatic rings. The molecular weight excluding hydrogens is 279 g/mol. The van der Waals surface area contributed by atoms with E-state index in [-0.39, 0.29) is 5.56 Å². The van der Waals surface area contributed by atoms with Gasteiger partial charge in [0.15, 0.2) is 5.78 Å². The van der Waals surface area contributed by atoms with Crippen LogP contribution in [-0.2, 0) is 6.18 Å². The van der Waals surface area contributed by atoms with E-state index in [0.717, 1.165) is 38.4 Å². The lowest BCUT2D eigenvalue weighted by molar-refractivity contribution is -0.138. The van der Waals surface area contributed by atoms with Gasteiger partial charge in [-0.3, -0.25) is 9.69 Å². The highest BCUT2D eigenvalue weighted by atomic mass is 19.4. The van der Waals surface area contributed by atoms with Crippen LogP contribution in [0.1, 0.15) is 49.0 Å². The maximum atomic E-state index is 13.1. The van der Waals surface area contributed by atoms with Crippen LogP contribution in [0.15, 0.2) is 24.3 Å². The molecule has 0 aromatic heterocycles. The Morgan fingerprint density at radius 1 is 1.05 bits per heavy atom. The summed E-state index contributed by atoms with van der Waals surface area (Å²) in [5.74, 6) is -0.461. The number of Topliss-reactive ketones (excluding diaryl/α,β-unsaturated/α-hetero) is 1. The molecule has 0 spiro atoms. The van der Waals surface area contributed by atoms with Crippen LogP contribution in [0.5, 0.6) is 0 Å². The SMILES string of the molecule is CC(C)(C(=O)c1ccccc1C(F)(F)F)N1CCCCC1. The minimum absolute atomic E-state index is 0.236. The summed E-state index contributed by atoms with van der Waals surface area (Å²) >= 11 is 0. The predicted molar refractivity (Wildman–Crippen MR) is 75.3 cm³/mol. The Morgan fingerprint density at radius 3 is 2.19 bits per heavy atom. The van der Waals surface area contributed by atoms with Crippen LogP contribution in [0.25, 0.3) is 0 Å². The third kappa shape index (κ3) is 3.28.